The van der Waals surface area contributed by atoms with Crippen molar-refractivity contribution in [3.63, 3.8) is 0 Å². The maximum atomic E-state index is 12.6. The van der Waals surface area contributed by atoms with E-state index in [9.17, 15) is 4.79 Å². The lowest BCUT2D eigenvalue weighted by molar-refractivity contribution is -0.122. The number of thiocarbonyl (C=S) groups is 1. The third-order valence-corrected chi connectivity index (χ3v) is 4.96. The molecular formula is C22H24N2O3S. The van der Waals surface area contributed by atoms with Crippen molar-refractivity contribution in [3.05, 3.63) is 65.4 Å². The maximum Gasteiger partial charge on any atom is 0.276 e. The van der Waals surface area contributed by atoms with Crippen LogP contribution in [0.3, 0.4) is 0 Å². The second-order valence-electron chi connectivity index (χ2n) is 6.33. The molecule has 2 aromatic rings. The molecule has 28 heavy (non-hydrogen) atoms. The Balaban J connectivity index is 1.84. The van der Waals surface area contributed by atoms with Crippen LogP contribution in [0, 0.1) is 0 Å². The standard InChI is InChI=1S/C22H24N2O3S/c1-4-24-21(25)18(23(3)22(24)28)13-17-11-12-19(20(14-17)26-5-2)27-15-16-9-7-6-8-10-16/h6-14H,4-5,15H2,1-3H3. The number of likely N-dealkylation sites (N-methyl/N-ethyl adjacent to an activating group) is 2. The number of carbonyl (C=O) groups excluding carboxylic acids is 1. The summed E-state index contributed by atoms with van der Waals surface area (Å²) in [6.45, 7) is 5.37. The summed E-state index contributed by atoms with van der Waals surface area (Å²) in [4.78, 5) is 15.9. The number of rotatable bonds is 7. The molecule has 1 heterocycles. The Morgan fingerprint density at radius 2 is 1.79 bits per heavy atom. The van der Waals surface area contributed by atoms with Crippen LogP contribution in [0.15, 0.2) is 54.2 Å². The third-order valence-electron chi connectivity index (χ3n) is 4.47. The molecule has 1 fully saturated rings. The van der Waals surface area contributed by atoms with Crippen molar-refractivity contribution in [3.8, 4) is 11.5 Å². The van der Waals surface area contributed by atoms with E-state index in [1.165, 1.54) is 0 Å². The Bertz CT molecular complexity index is 896. The summed E-state index contributed by atoms with van der Waals surface area (Å²) in [5, 5.41) is 0.520. The minimum atomic E-state index is -0.0858. The van der Waals surface area contributed by atoms with Crippen LogP contribution in [-0.4, -0.2) is 41.0 Å². The average Bonchev–Trinajstić information content (AvgIpc) is 2.91. The lowest BCUT2D eigenvalue weighted by Crippen LogP contribution is -2.30. The predicted octanol–water partition coefficient (Wildman–Crippen LogP) is 4.08. The number of benzene rings is 2. The molecule has 0 bridgehead atoms. The average molecular weight is 397 g/mol. The number of hydrogen-bond acceptors (Lipinski definition) is 4. The fraction of sp³-hybridized carbons (Fsp3) is 0.273. The Labute approximate surface area is 171 Å². The molecule has 1 amide bonds. The Kier molecular flexibility index (Phi) is 6.31. The van der Waals surface area contributed by atoms with Gasteiger partial charge in [-0.2, -0.15) is 0 Å². The molecule has 0 radical (unpaired) electrons. The van der Waals surface area contributed by atoms with E-state index in [-0.39, 0.29) is 5.91 Å². The lowest BCUT2D eigenvalue weighted by Gasteiger charge is -2.14. The van der Waals surface area contributed by atoms with Crippen LogP contribution >= 0.6 is 12.2 Å². The van der Waals surface area contributed by atoms with Crippen LogP contribution in [0.4, 0.5) is 0 Å². The summed E-state index contributed by atoms with van der Waals surface area (Å²) in [6.07, 6.45) is 1.83. The zero-order valence-electron chi connectivity index (χ0n) is 16.3. The van der Waals surface area contributed by atoms with Crippen molar-refractivity contribution in [2.24, 2.45) is 0 Å². The largest absolute Gasteiger partial charge is 0.490 e. The molecule has 2 aromatic carbocycles. The monoisotopic (exact) mass is 396 g/mol. The van der Waals surface area contributed by atoms with Gasteiger partial charge in [0.25, 0.3) is 5.91 Å². The fourth-order valence-corrected chi connectivity index (χ4v) is 3.30. The highest BCUT2D eigenvalue weighted by atomic mass is 32.1. The van der Waals surface area contributed by atoms with Gasteiger partial charge in [-0.1, -0.05) is 36.4 Å². The summed E-state index contributed by atoms with van der Waals surface area (Å²) in [6, 6.07) is 15.6. The first kappa shape index (κ1) is 19.9. The topological polar surface area (TPSA) is 42.0 Å². The molecule has 1 aliphatic heterocycles. The Morgan fingerprint density at radius 3 is 2.43 bits per heavy atom. The summed E-state index contributed by atoms with van der Waals surface area (Å²) < 4.78 is 11.7. The molecule has 5 nitrogen and oxygen atoms in total. The minimum Gasteiger partial charge on any atom is -0.490 e. The summed E-state index contributed by atoms with van der Waals surface area (Å²) >= 11 is 5.35. The van der Waals surface area contributed by atoms with Gasteiger partial charge in [0.1, 0.15) is 12.3 Å². The van der Waals surface area contributed by atoms with Gasteiger partial charge >= 0.3 is 0 Å². The highest BCUT2D eigenvalue weighted by Gasteiger charge is 2.34. The van der Waals surface area contributed by atoms with Crippen molar-refractivity contribution < 1.29 is 14.3 Å². The Morgan fingerprint density at radius 1 is 1.04 bits per heavy atom. The third kappa shape index (κ3) is 4.17. The molecule has 0 aromatic heterocycles. The van der Waals surface area contributed by atoms with Crippen molar-refractivity contribution in [1.29, 1.82) is 0 Å². The van der Waals surface area contributed by atoms with E-state index in [1.54, 1.807) is 9.80 Å². The van der Waals surface area contributed by atoms with Crippen LogP contribution in [0.1, 0.15) is 25.0 Å². The highest BCUT2D eigenvalue weighted by molar-refractivity contribution is 7.80. The van der Waals surface area contributed by atoms with Gasteiger partial charge in [0, 0.05) is 13.6 Å². The zero-order valence-corrected chi connectivity index (χ0v) is 17.2. The normalized spacial score (nSPS) is 15.5. The molecule has 0 N–H and O–H groups in total. The van der Waals surface area contributed by atoms with Crippen LogP contribution in [0.5, 0.6) is 11.5 Å². The van der Waals surface area contributed by atoms with Gasteiger partial charge in [-0.25, -0.2) is 0 Å². The van der Waals surface area contributed by atoms with E-state index in [2.05, 4.69) is 0 Å². The number of carbonyl (C=O) groups is 1. The van der Waals surface area contributed by atoms with E-state index in [4.69, 9.17) is 21.7 Å². The molecule has 1 saturated heterocycles. The van der Waals surface area contributed by atoms with Crippen molar-refractivity contribution in [2.45, 2.75) is 20.5 Å². The van der Waals surface area contributed by atoms with Gasteiger partial charge in [0.15, 0.2) is 16.6 Å². The fourth-order valence-electron chi connectivity index (χ4n) is 2.99. The lowest BCUT2D eigenvalue weighted by atomic mass is 10.1. The molecule has 1 aliphatic rings. The first-order chi connectivity index (χ1) is 13.5. The van der Waals surface area contributed by atoms with Crippen molar-refractivity contribution in [1.82, 2.24) is 9.80 Å². The number of hydrogen-bond donors (Lipinski definition) is 0. The highest BCUT2D eigenvalue weighted by Crippen LogP contribution is 2.31. The number of amides is 1. The van der Waals surface area contributed by atoms with E-state index in [0.717, 1.165) is 11.1 Å². The van der Waals surface area contributed by atoms with E-state index >= 15 is 0 Å². The first-order valence-corrected chi connectivity index (χ1v) is 9.70. The quantitative estimate of drug-likeness (QED) is 0.521. The van der Waals surface area contributed by atoms with Gasteiger partial charge in [-0.15, -0.1) is 0 Å². The van der Waals surface area contributed by atoms with Gasteiger partial charge in [-0.3, -0.25) is 9.69 Å². The van der Waals surface area contributed by atoms with E-state index < -0.39 is 0 Å². The van der Waals surface area contributed by atoms with Gasteiger partial charge < -0.3 is 14.4 Å². The minimum absolute atomic E-state index is 0.0858. The van der Waals surface area contributed by atoms with E-state index in [0.29, 0.717) is 42.1 Å². The smallest absolute Gasteiger partial charge is 0.276 e. The van der Waals surface area contributed by atoms with E-state index in [1.807, 2.05) is 75.5 Å². The zero-order chi connectivity index (χ0) is 20.1. The molecule has 3 rings (SSSR count). The number of nitrogens with zero attached hydrogens (tertiary/aromatic N) is 2. The second kappa shape index (κ2) is 8.89. The Hall–Kier alpha value is -2.86. The van der Waals surface area contributed by atoms with Gasteiger partial charge in [-0.05, 0) is 55.4 Å². The molecule has 0 saturated carbocycles. The molecule has 0 aliphatic carbocycles. The van der Waals surface area contributed by atoms with Crippen molar-refractivity contribution >= 4 is 29.3 Å². The molecular weight excluding hydrogens is 372 g/mol. The molecule has 146 valence electrons. The summed E-state index contributed by atoms with van der Waals surface area (Å²) in [7, 11) is 1.81. The molecule has 6 heteroatoms. The maximum absolute atomic E-state index is 12.6. The van der Waals surface area contributed by atoms with Crippen molar-refractivity contribution in [2.75, 3.05) is 20.2 Å². The van der Waals surface area contributed by atoms with Crippen LogP contribution < -0.4 is 9.47 Å². The predicted molar refractivity (Wildman–Crippen MR) is 114 cm³/mol. The van der Waals surface area contributed by atoms with Gasteiger partial charge in [0.05, 0.1) is 6.61 Å². The molecule has 0 atom stereocenters. The van der Waals surface area contributed by atoms with Gasteiger partial charge in [0.2, 0.25) is 0 Å². The summed E-state index contributed by atoms with van der Waals surface area (Å²) in [5.41, 5.74) is 2.49. The van der Waals surface area contributed by atoms with Crippen LogP contribution in [0.25, 0.3) is 6.08 Å². The van der Waals surface area contributed by atoms with Crippen LogP contribution in [0.2, 0.25) is 0 Å². The SMILES string of the molecule is CCOc1cc(C=C2C(=O)N(CC)C(=S)N2C)ccc1OCc1ccccc1. The first-order valence-electron chi connectivity index (χ1n) is 9.30. The summed E-state index contributed by atoms with van der Waals surface area (Å²) in [5.74, 6) is 1.23. The molecule has 0 spiro atoms. The number of ether oxygens (including phenoxy) is 2. The second-order valence-corrected chi connectivity index (χ2v) is 6.70. The van der Waals surface area contributed by atoms with Crippen LogP contribution in [-0.2, 0) is 11.4 Å². The molecule has 0 unspecified atom stereocenters.